The number of rotatable bonds is 6. The van der Waals surface area contributed by atoms with Crippen LogP contribution in [-0.2, 0) is 6.54 Å². The summed E-state index contributed by atoms with van der Waals surface area (Å²) in [5.41, 5.74) is 2.92. The Morgan fingerprint density at radius 3 is 2.48 bits per heavy atom. The molecule has 0 aromatic heterocycles. The Labute approximate surface area is 137 Å². The SMILES string of the molecule is CCN(Cc1ccc(C(=O)NC)cc1)[C@H](C)c1cccc(O)c1. The monoisotopic (exact) mass is 312 g/mol. The van der Waals surface area contributed by atoms with Crippen LogP contribution in [-0.4, -0.2) is 29.5 Å². The van der Waals surface area contributed by atoms with Crippen LogP contribution in [0.3, 0.4) is 0 Å². The molecule has 0 spiro atoms. The summed E-state index contributed by atoms with van der Waals surface area (Å²) in [6.45, 7) is 5.95. The molecule has 0 bridgehead atoms. The lowest BCUT2D eigenvalue weighted by Crippen LogP contribution is -2.26. The minimum atomic E-state index is -0.0722. The van der Waals surface area contributed by atoms with Crippen LogP contribution in [0.1, 0.15) is 41.4 Å². The standard InChI is InChI=1S/C19H24N2O2/c1-4-21(14(2)17-6-5-7-18(22)12-17)13-15-8-10-16(11-9-15)19(23)20-3/h5-12,14,22H,4,13H2,1-3H3,(H,20,23)/t14-/m1/s1. The third-order valence-electron chi connectivity index (χ3n) is 4.14. The van der Waals surface area contributed by atoms with Gasteiger partial charge >= 0.3 is 0 Å². The Bertz CT molecular complexity index is 653. The van der Waals surface area contributed by atoms with Crippen LogP contribution in [0.25, 0.3) is 0 Å². The van der Waals surface area contributed by atoms with E-state index in [4.69, 9.17) is 0 Å². The maximum absolute atomic E-state index is 11.6. The van der Waals surface area contributed by atoms with Crippen LogP contribution in [0.15, 0.2) is 48.5 Å². The Morgan fingerprint density at radius 1 is 1.22 bits per heavy atom. The third kappa shape index (κ3) is 4.33. The van der Waals surface area contributed by atoms with Crippen LogP contribution in [0.2, 0.25) is 0 Å². The maximum atomic E-state index is 11.6. The van der Waals surface area contributed by atoms with E-state index < -0.39 is 0 Å². The zero-order chi connectivity index (χ0) is 16.8. The van der Waals surface area contributed by atoms with Gasteiger partial charge in [-0.15, -0.1) is 0 Å². The van der Waals surface area contributed by atoms with E-state index in [-0.39, 0.29) is 11.9 Å². The minimum Gasteiger partial charge on any atom is -0.508 e. The molecule has 0 aliphatic rings. The van der Waals surface area contributed by atoms with Gasteiger partial charge in [-0.1, -0.05) is 31.2 Å². The molecule has 1 amide bonds. The first-order chi connectivity index (χ1) is 11.0. The molecule has 2 aromatic carbocycles. The van der Waals surface area contributed by atoms with Crippen LogP contribution in [0.4, 0.5) is 0 Å². The average molecular weight is 312 g/mol. The van der Waals surface area contributed by atoms with Crippen LogP contribution >= 0.6 is 0 Å². The molecule has 0 saturated heterocycles. The Kier molecular flexibility index (Phi) is 5.77. The molecule has 0 unspecified atom stereocenters. The molecular formula is C19H24N2O2. The second kappa shape index (κ2) is 7.79. The van der Waals surface area contributed by atoms with Crippen molar-refractivity contribution < 1.29 is 9.90 Å². The minimum absolute atomic E-state index is 0.0722. The highest BCUT2D eigenvalue weighted by Crippen LogP contribution is 2.24. The fraction of sp³-hybridized carbons (Fsp3) is 0.316. The molecule has 122 valence electrons. The van der Waals surface area contributed by atoms with E-state index >= 15 is 0 Å². The van der Waals surface area contributed by atoms with Crippen molar-refractivity contribution in [1.29, 1.82) is 0 Å². The number of nitrogens with zero attached hydrogens (tertiary/aromatic N) is 1. The fourth-order valence-corrected chi connectivity index (χ4v) is 2.66. The summed E-state index contributed by atoms with van der Waals surface area (Å²) in [4.78, 5) is 13.9. The molecule has 2 N–H and O–H groups in total. The zero-order valence-electron chi connectivity index (χ0n) is 13.9. The van der Waals surface area contributed by atoms with E-state index in [1.807, 2.05) is 42.5 Å². The first-order valence-corrected chi connectivity index (χ1v) is 7.89. The summed E-state index contributed by atoms with van der Waals surface area (Å²) >= 11 is 0. The summed E-state index contributed by atoms with van der Waals surface area (Å²) in [5, 5.41) is 12.3. The predicted octanol–water partition coefficient (Wildman–Crippen LogP) is 3.33. The molecular weight excluding hydrogens is 288 g/mol. The van der Waals surface area contributed by atoms with Gasteiger partial charge < -0.3 is 10.4 Å². The number of phenols is 1. The normalized spacial score (nSPS) is 12.2. The number of carbonyl (C=O) groups is 1. The van der Waals surface area contributed by atoms with Crippen molar-refractivity contribution in [3.05, 3.63) is 65.2 Å². The van der Waals surface area contributed by atoms with E-state index in [1.165, 1.54) is 0 Å². The van der Waals surface area contributed by atoms with Gasteiger partial charge in [0.2, 0.25) is 0 Å². The van der Waals surface area contributed by atoms with Crippen LogP contribution < -0.4 is 5.32 Å². The Morgan fingerprint density at radius 2 is 1.91 bits per heavy atom. The lowest BCUT2D eigenvalue weighted by molar-refractivity contribution is 0.0963. The number of hydrogen-bond acceptors (Lipinski definition) is 3. The molecule has 0 aliphatic carbocycles. The van der Waals surface area contributed by atoms with Gasteiger partial charge in [0.1, 0.15) is 5.75 Å². The Hall–Kier alpha value is -2.33. The van der Waals surface area contributed by atoms with E-state index in [2.05, 4.69) is 24.1 Å². The van der Waals surface area contributed by atoms with Gasteiger partial charge in [0.15, 0.2) is 0 Å². The number of hydrogen-bond donors (Lipinski definition) is 2. The van der Waals surface area contributed by atoms with Gasteiger partial charge in [0, 0.05) is 25.2 Å². The highest BCUT2D eigenvalue weighted by atomic mass is 16.3. The average Bonchev–Trinajstić information content (AvgIpc) is 2.59. The van der Waals surface area contributed by atoms with Crippen LogP contribution in [0.5, 0.6) is 5.75 Å². The van der Waals surface area contributed by atoms with E-state index in [0.29, 0.717) is 11.3 Å². The van der Waals surface area contributed by atoms with Crippen molar-refractivity contribution in [3.8, 4) is 5.75 Å². The lowest BCUT2D eigenvalue weighted by atomic mass is 10.0. The van der Waals surface area contributed by atoms with Gasteiger partial charge in [-0.3, -0.25) is 9.69 Å². The van der Waals surface area contributed by atoms with Crippen molar-refractivity contribution in [2.24, 2.45) is 0 Å². The van der Waals surface area contributed by atoms with Gasteiger partial charge in [-0.05, 0) is 48.9 Å². The highest BCUT2D eigenvalue weighted by molar-refractivity contribution is 5.93. The molecule has 0 heterocycles. The molecule has 0 aliphatic heterocycles. The van der Waals surface area contributed by atoms with E-state index in [9.17, 15) is 9.90 Å². The summed E-state index contributed by atoms with van der Waals surface area (Å²) in [6.07, 6.45) is 0. The molecule has 4 heteroatoms. The number of amides is 1. The predicted molar refractivity (Wildman–Crippen MR) is 92.4 cm³/mol. The largest absolute Gasteiger partial charge is 0.508 e. The second-order valence-electron chi connectivity index (χ2n) is 5.61. The molecule has 1 atom stereocenters. The topological polar surface area (TPSA) is 52.6 Å². The molecule has 2 aromatic rings. The molecule has 23 heavy (non-hydrogen) atoms. The summed E-state index contributed by atoms with van der Waals surface area (Å²) in [7, 11) is 1.63. The smallest absolute Gasteiger partial charge is 0.251 e. The zero-order valence-corrected chi connectivity index (χ0v) is 13.9. The van der Waals surface area contributed by atoms with Gasteiger partial charge in [-0.2, -0.15) is 0 Å². The molecule has 0 fully saturated rings. The van der Waals surface area contributed by atoms with Crippen molar-refractivity contribution in [2.45, 2.75) is 26.4 Å². The molecule has 0 radical (unpaired) electrons. The second-order valence-corrected chi connectivity index (χ2v) is 5.61. The summed E-state index contributed by atoms with van der Waals surface area (Å²) in [6, 6.07) is 15.3. The number of nitrogens with one attached hydrogen (secondary N) is 1. The number of phenolic OH excluding ortho intramolecular Hbond substituents is 1. The molecule has 2 rings (SSSR count). The quantitative estimate of drug-likeness (QED) is 0.860. The van der Waals surface area contributed by atoms with Crippen molar-refractivity contribution in [3.63, 3.8) is 0 Å². The summed E-state index contributed by atoms with van der Waals surface area (Å²) < 4.78 is 0. The van der Waals surface area contributed by atoms with E-state index in [0.717, 1.165) is 24.2 Å². The lowest BCUT2D eigenvalue weighted by Gasteiger charge is -2.28. The van der Waals surface area contributed by atoms with Crippen LogP contribution in [0, 0.1) is 0 Å². The number of aromatic hydroxyl groups is 1. The summed E-state index contributed by atoms with van der Waals surface area (Å²) in [5.74, 6) is 0.220. The van der Waals surface area contributed by atoms with Crippen molar-refractivity contribution in [2.75, 3.05) is 13.6 Å². The van der Waals surface area contributed by atoms with Gasteiger partial charge in [0.05, 0.1) is 0 Å². The first kappa shape index (κ1) is 17.0. The highest BCUT2D eigenvalue weighted by Gasteiger charge is 2.15. The third-order valence-corrected chi connectivity index (χ3v) is 4.14. The van der Waals surface area contributed by atoms with E-state index in [1.54, 1.807) is 13.1 Å². The number of carbonyl (C=O) groups excluding carboxylic acids is 1. The molecule has 0 saturated carbocycles. The number of benzene rings is 2. The van der Waals surface area contributed by atoms with Crippen molar-refractivity contribution >= 4 is 5.91 Å². The van der Waals surface area contributed by atoms with Gasteiger partial charge in [-0.25, -0.2) is 0 Å². The molecule has 4 nitrogen and oxygen atoms in total. The van der Waals surface area contributed by atoms with Gasteiger partial charge in [0.25, 0.3) is 5.91 Å². The fourth-order valence-electron chi connectivity index (χ4n) is 2.66. The first-order valence-electron chi connectivity index (χ1n) is 7.89. The van der Waals surface area contributed by atoms with Crippen molar-refractivity contribution in [1.82, 2.24) is 10.2 Å². The Balaban J connectivity index is 2.11. The maximum Gasteiger partial charge on any atom is 0.251 e.